The van der Waals surface area contributed by atoms with Crippen LogP contribution in [0.15, 0.2) is 30.5 Å². The van der Waals surface area contributed by atoms with Crippen LogP contribution in [0.2, 0.25) is 0 Å². The second-order valence-electron chi connectivity index (χ2n) is 6.47. The summed E-state index contributed by atoms with van der Waals surface area (Å²) in [5, 5.41) is 0.924. The maximum atomic E-state index is 10.6. The first kappa shape index (κ1) is 19.4. The Labute approximate surface area is 153 Å². The zero-order valence-corrected chi connectivity index (χ0v) is 16.0. The number of primary amides is 1. The van der Waals surface area contributed by atoms with Gasteiger partial charge in [0.25, 0.3) is 0 Å². The van der Waals surface area contributed by atoms with Gasteiger partial charge in [0, 0.05) is 17.8 Å². The zero-order chi connectivity index (χ0) is 18.2. The zero-order valence-electron chi connectivity index (χ0n) is 15.2. The van der Waals surface area contributed by atoms with Crippen molar-refractivity contribution in [2.45, 2.75) is 45.8 Å². The highest BCUT2D eigenvalue weighted by atomic mass is 32.1. The number of carbonyl (C=O) groups excluding carboxylic acids is 1. The standard InChI is InChI=1S/C19H27N3O2S/c1-14(2)22(3)11-5-4-6-15-7-9-16(10-8-15)18-21-12-17(25-18)13-24-19(20)23/h7-10,12,14H,4-6,11,13H2,1-3H3,(H2,20,23). The van der Waals surface area contributed by atoms with Gasteiger partial charge in [0.15, 0.2) is 0 Å². The molecule has 0 spiro atoms. The van der Waals surface area contributed by atoms with Crippen LogP contribution in [0.1, 0.15) is 37.1 Å². The van der Waals surface area contributed by atoms with Crippen molar-refractivity contribution in [1.82, 2.24) is 9.88 Å². The molecule has 0 unspecified atom stereocenters. The minimum atomic E-state index is -0.765. The van der Waals surface area contributed by atoms with Gasteiger partial charge < -0.3 is 15.4 Å². The maximum Gasteiger partial charge on any atom is 0.404 e. The Bertz CT molecular complexity index is 668. The quantitative estimate of drug-likeness (QED) is 0.684. The van der Waals surface area contributed by atoms with Crippen molar-refractivity contribution in [3.8, 4) is 10.6 Å². The lowest BCUT2D eigenvalue weighted by Crippen LogP contribution is -2.27. The molecule has 0 aliphatic carbocycles. The van der Waals surface area contributed by atoms with Crippen molar-refractivity contribution >= 4 is 17.4 Å². The van der Waals surface area contributed by atoms with Crippen LogP contribution < -0.4 is 5.73 Å². The molecule has 0 saturated heterocycles. The van der Waals surface area contributed by atoms with E-state index in [2.05, 4.69) is 55.0 Å². The predicted octanol–water partition coefficient (Wildman–Crippen LogP) is 4.07. The number of hydrogen-bond donors (Lipinski definition) is 1. The van der Waals surface area contributed by atoms with E-state index in [1.807, 2.05) is 0 Å². The van der Waals surface area contributed by atoms with Gasteiger partial charge in [-0.15, -0.1) is 11.3 Å². The Kier molecular flexibility index (Phi) is 7.40. The molecular weight excluding hydrogens is 334 g/mol. The van der Waals surface area contributed by atoms with Gasteiger partial charge in [-0.2, -0.15) is 0 Å². The molecule has 2 aromatic rings. The number of amides is 1. The molecule has 0 saturated carbocycles. The number of rotatable bonds is 9. The number of aryl methyl sites for hydroxylation is 1. The van der Waals surface area contributed by atoms with E-state index in [1.165, 1.54) is 29.7 Å². The van der Waals surface area contributed by atoms with Crippen molar-refractivity contribution in [3.05, 3.63) is 40.9 Å². The van der Waals surface area contributed by atoms with Gasteiger partial charge in [-0.05, 0) is 52.3 Å². The fourth-order valence-electron chi connectivity index (χ4n) is 2.41. The van der Waals surface area contributed by atoms with E-state index in [4.69, 9.17) is 10.5 Å². The fraction of sp³-hybridized carbons (Fsp3) is 0.474. The van der Waals surface area contributed by atoms with E-state index in [0.29, 0.717) is 6.04 Å². The van der Waals surface area contributed by atoms with E-state index in [-0.39, 0.29) is 6.61 Å². The van der Waals surface area contributed by atoms with Crippen molar-refractivity contribution in [1.29, 1.82) is 0 Å². The van der Waals surface area contributed by atoms with Gasteiger partial charge in [0.1, 0.15) is 11.6 Å². The number of nitrogens with two attached hydrogens (primary N) is 1. The fourth-order valence-corrected chi connectivity index (χ4v) is 3.24. The van der Waals surface area contributed by atoms with E-state index >= 15 is 0 Å². The summed E-state index contributed by atoms with van der Waals surface area (Å²) in [6, 6.07) is 9.15. The van der Waals surface area contributed by atoms with Crippen LogP contribution in [0.25, 0.3) is 10.6 Å². The topological polar surface area (TPSA) is 68.5 Å². The molecular formula is C19H27N3O2S. The number of benzene rings is 1. The summed E-state index contributed by atoms with van der Waals surface area (Å²) >= 11 is 1.51. The number of unbranched alkanes of at least 4 members (excludes halogenated alkanes) is 1. The smallest absolute Gasteiger partial charge is 0.404 e. The van der Waals surface area contributed by atoms with E-state index in [0.717, 1.165) is 28.4 Å². The third-order valence-corrected chi connectivity index (χ3v) is 5.24. The second kappa shape index (κ2) is 9.53. The number of nitrogens with zero attached hydrogens (tertiary/aromatic N) is 2. The monoisotopic (exact) mass is 361 g/mol. The number of hydrogen-bond acceptors (Lipinski definition) is 5. The lowest BCUT2D eigenvalue weighted by molar-refractivity contribution is 0.151. The molecule has 1 aromatic heterocycles. The summed E-state index contributed by atoms with van der Waals surface area (Å²) < 4.78 is 4.79. The molecule has 0 fully saturated rings. The molecule has 136 valence electrons. The SMILES string of the molecule is CC(C)N(C)CCCCc1ccc(-c2ncc(COC(N)=O)s2)cc1. The lowest BCUT2D eigenvalue weighted by atomic mass is 10.1. The van der Waals surface area contributed by atoms with E-state index in [1.54, 1.807) is 6.20 Å². The Morgan fingerprint density at radius 1 is 1.28 bits per heavy atom. The van der Waals surface area contributed by atoms with Crippen LogP contribution >= 0.6 is 11.3 Å². The Balaban J connectivity index is 1.82. The van der Waals surface area contributed by atoms with Gasteiger partial charge in [-0.25, -0.2) is 9.78 Å². The summed E-state index contributed by atoms with van der Waals surface area (Å²) in [6.45, 7) is 5.77. The number of carbonyl (C=O) groups is 1. The number of ether oxygens (including phenoxy) is 1. The molecule has 2 rings (SSSR count). The highest BCUT2D eigenvalue weighted by Gasteiger charge is 2.07. The minimum Gasteiger partial charge on any atom is -0.444 e. The van der Waals surface area contributed by atoms with Crippen molar-refractivity contribution in [2.24, 2.45) is 5.73 Å². The molecule has 2 N–H and O–H groups in total. The molecule has 6 heteroatoms. The Morgan fingerprint density at radius 2 is 2.00 bits per heavy atom. The highest BCUT2D eigenvalue weighted by molar-refractivity contribution is 7.15. The number of aromatic nitrogens is 1. The van der Waals surface area contributed by atoms with E-state index < -0.39 is 6.09 Å². The third-order valence-electron chi connectivity index (χ3n) is 4.22. The van der Waals surface area contributed by atoms with Crippen LogP contribution in [0.5, 0.6) is 0 Å². The first-order valence-corrected chi connectivity index (χ1v) is 9.44. The normalized spacial score (nSPS) is 11.2. The van der Waals surface area contributed by atoms with Gasteiger partial charge in [-0.1, -0.05) is 24.3 Å². The van der Waals surface area contributed by atoms with Crippen LogP contribution in [-0.2, 0) is 17.8 Å². The molecule has 25 heavy (non-hydrogen) atoms. The largest absolute Gasteiger partial charge is 0.444 e. The van der Waals surface area contributed by atoms with Crippen molar-refractivity contribution in [3.63, 3.8) is 0 Å². The molecule has 1 aromatic carbocycles. The average molecular weight is 362 g/mol. The van der Waals surface area contributed by atoms with Gasteiger partial charge in [0.2, 0.25) is 0 Å². The molecule has 0 aliphatic rings. The van der Waals surface area contributed by atoms with Gasteiger partial charge in [-0.3, -0.25) is 0 Å². The second-order valence-corrected chi connectivity index (χ2v) is 7.58. The van der Waals surface area contributed by atoms with Crippen molar-refractivity contribution in [2.75, 3.05) is 13.6 Å². The highest BCUT2D eigenvalue weighted by Crippen LogP contribution is 2.26. The summed E-state index contributed by atoms with van der Waals surface area (Å²) in [5.41, 5.74) is 7.41. The van der Waals surface area contributed by atoms with Crippen molar-refractivity contribution < 1.29 is 9.53 Å². The Morgan fingerprint density at radius 3 is 2.64 bits per heavy atom. The van der Waals surface area contributed by atoms with Crippen LogP contribution in [0.3, 0.4) is 0 Å². The van der Waals surface area contributed by atoms with Crippen LogP contribution in [-0.4, -0.2) is 35.6 Å². The first-order chi connectivity index (χ1) is 12.0. The summed E-state index contributed by atoms with van der Waals surface area (Å²) in [4.78, 5) is 18.3. The molecule has 0 bridgehead atoms. The maximum absolute atomic E-state index is 10.6. The molecule has 5 nitrogen and oxygen atoms in total. The minimum absolute atomic E-state index is 0.176. The summed E-state index contributed by atoms with van der Waals surface area (Å²) in [7, 11) is 2.18. The summed E-state index contributed by atoms with van der Waals surface area (Å²) in [6.07, 6.45) is 4.47. The number of thiazole rings is 1. The molecule has 1 heterocycles. The molecule has 0 aliphatic heterocycles. The summed E-state index contributed by atoms with van der Waals surface area (Å²) in [5.74, 6) is 0. The Hall–Kier alpha value is -1.92. The van der Waals surface area contributed by atoms with Gasteiger partial charge >= 0.3 is 6.09 Å². The lowest BCUT2D eigenvalue weighted by Gasteiger charge is -2.20. The first-order valence-electron chi connectivity index (χ1n) is 8.62. The van der Waals surface area contributed by atoms with Gasteiger partial charge in [0.05, 0.1) is 4.88 Å². The van der Waals surface area contributed by atoms with Crippen LogP contribution in [0.4, 0.5) is 4.79 Å². The predicted molar refractivity (Wildman–Crippen MR) is 103 cm³/mol. The molecule has 0 radical (unpaired) electrons. The molecule has 0 atom stereocenters. The molecule has 1 amide bonds. The van der Waals surface area contributed by atoms with Crippen LogP contribution in [0, 0.1) is 0 Å². The third kappa shape index (κ3) is 6.48. The van der Waals surface area contributed by atoms with E-state index in [9.17, 15) is 4.79 Å². The average Bonchev–Trinajstić information content (AvgIpc) is 3.06.